The average Bonchev–Trinajstić information content (AvgIpc) is 2.02. The first kappa shape index (κ1) is 10.1. The summed E-state index contributed by atoms with van der Waals surface area (Å²) in [6.45, 7) is 8.18. The summed E-state index contributed by atoms with van der Waals surface area (Å²) in [6, 6.07) is 5.86. The smallest absolute Gasteiger partial charge is 0.171 e. The van der Waals surface area contributed by atoms with E-state index in [2.05, 4.69) is 25.7 Å². The molecule has 0 spiro atoms. The second-order valence-electron chi connectivity index (χ2n) is 4.29. The van der Waals surface area contributed by atoms with Gasteiger partial charge in [-0.3, -0.25) is 0 Å². The van der Waals surface area contributed by atoms with Gasteiger partial charge in [0, 0.05) is 5.56 Å². The third-order valence-corrected chi connectivity index (χ3v) is 2.11. The molecule has 0 aromatic heterocycles. The van der Waals surface area contributed by atoms with Crippen molar-refractivity contribution < 1.29 is 10.1 Å². The molecule has 0 fully saturated rings. The van der Waals surface area contributed by atoms with E-state index in [1.807, 2.05) is 25.1 Å². The van der Waals surface area contributed by atoms with E-state index < -0.39 is 0 Å². The molecule has 1 aromatic rings. The van der Waals surface area contributed by atoms with Crippen molar-refractivity contribution in [3.05, 3.63) is 29.3 Å². The molecule has 0 radical (unpaired) electrons. The fraction of sp³-hybridized carbons (Fsp3) is 0.455. The molecule has 2 heteroatoms. The number of benzene rings is 1. The molecule has 1 rings (SSSR count). The lowest BCUT2D eigenvalue weighted by molar-refractivity contribution is -0.139. The molecule has 0 heterocycles. The minimum Gasteiger partial charge on any atom is -0.340 e. The predicted octanol–water partition coefficient (Wildman–Crippen LogP) is 3.14. The highest BCUT2D eigenvalue weighted by Gasteiger charge is 2.20. The maximum atomic E-state index is 8.76. The van der Waals surface area contributed by atoms with Gasteiger partial charge in [-0.2, -0.15) is 0 Å². The molecule has 0 atom stereocenters. The van der Waals surface area contributed by atoms with Crippen molar-refractivity contribution in [3.8, 4) is 5.75 Å². The summed E-state index contributed by atoms with van der Waals surface area (Å²) in [7, 11) is 0. The van der Waals surface area contributed by atoms with Gasteiger partial charge < -0.3 is 4.89 Å². The second kappa shape index (κ2) is 3.38. The topological polar surface area (TPSA) is 29.5 Å². The Kier molecular flexibility index (Phi) is 2.62. The van der Waals surface area contributed by atoms with Crippen LogP contribution in [0.5, 0.6) is 5.75 Å². The Morgan fingerprint density at radius 2 is 1.85 bits per heavy atom. The van der Waals surface area contributed by atoms with Crippen LogP contribution in [0.1, 0.15) is 31.9 Å². The Hall–Kier alpha value is -1.02. The first-order valence-electron chi connectivity index (χ1n) is 4.38. The van der Waals surface area contributed by atoms with E-state index in [1.54, 1.807) is 0 Å². The van der Waals surface area contributed by atoms with Crippen LogP contribution in [0.2, 0.25) is 0 Å². The van der Waals surface area contributed by atoms with Gasteiger partial charge in [0.1, 0.15) is 0 Å². The summed E-state index contributed by atoms with van der Waals surface area (Å²) in [5, 5.41) is 8.76. The highest BCUT2D eigenvalue weighted by atomic mass is 17.1. The number of hydrogen-bond acceptors (Lipinski definition) is 2. The third kappa shape index (κ3) is 2.01. The lowest BCUT2D eigenvalue weighted by Crippen LogP contribution is -2.13. The van der Waals surface area contributed by atoms with Crippen molar-refractivity contribution in [2.45, 2.75) is 33.1 Å². The van der Waals surface area contributed by atoms with E-state index >= 15 is 0 Å². The lowest BCUT2D eigenvalue weighted by atomic mass is 9.85. The van der Waals surface area contributed by atoms with Gasteiger partial charge in [0.25, 0.3) is 0 Å². The normalized spacial score (nSPS) is 11.5. The Labute approximate surface area is 79.1 Å². The lowest BCUT2D eigenvalue weighted by Gasteiger charge is -2.21. The van der Waals surface area contributed by atoms with Gasteiger partial charge in [-0.15, -0.1) is 0 Å². The SMILES string of the molecule is Cc1cccc(C(C)(C)C)c1OO. The zero-order chi connectivity index (χ0) is 10.1. The monoisotopic (exact) mass is 180 g/mol. The molecule has 0 aliphatic rings. The zero-order valence-electron chi connectivity index (χ0n) is 8.59. The minimum atomic E-state index is -0.00984. The summed E-state index contributed by atoms with van der Waals surface area (Å²) < 4.78 is 0. The van der Waals surface area contributed by atoms with Crippen LogP contribution in [0.15, 0.2) is 18.2 Å². The molecule has 0 aliphatic heterocycles. The Balaban J connectivity index is 3.29. The molecule has 72 valence electrons. The third-order valence-electron chi connectivity index (χ3n) is 2.11. The van der Waals surface area contributed by atoms with Gasteiger partial charge in [0.2, 0.25) is 0 Å². The van der Waals surface area contributed by atoms with Crippen molar-refractivity contribution >= 4 is 0 Å². The summed E-state index contributed by atoms with van der Waals surface area (Å²) in [6.07, 6.45) is 0. The molecule has 2 nitrogen and oxygen atoms in total. The highest BCUT2D eigenvalue weighted by molar-refractivity contribution is 5.43. The fourth-order valence-electron chi connectivity index (χ4n) is 1.36. The molecular formula is C11H16O2. The molecule has 1 N–H and O–H groups in total. The van der Waals surface area contributed by atoms with Gasteiger partial charge >= 0.3 is 0 Å². The Morgan fingerprint density at radius 1 is 1.23 bits per heavy atom. The largest absolute Gasteiger partial charge is 0.340 e. The van der Waals surface area contributed by atoms with E-state index in [1.165, 1.54) is 0 Å². The Bertz CT molecular complexity index is 297. The highest BCUT2D eigenvalue weighted by Crippen LogP contribution is 2.33. The molecule has 0 aliphatic carbocycles. The van der Waals surface area contributed by atoms with E-state index in [4.69, 9.17) is 5.26 Å². The van der Waals surface area contributed by atoms with E-state index in [0.29, 0.717) is 5.75 Å². The molecule has 0 saturated heterocycles. The molecule has 13 heavy (non-hydrogen) atoms. The van der Waals surface area contributed by atoms with Crippen LogP contribution in [0.3, 0.4) is 0 Å². The number of aryl methyl sites for hydroxylation is 1. The van der Waals surface area contributed by atoms with Crippen LogP contribution in [-0.4, -0.2) is 5.26 Å². The van der Waals surface area contributed by atoms with Crippen molar-refractivity contribution in [3.63, 3.8) is 0 Å². The van der Waals surface area contributed by atoms with Crippen LogP contribution in [-0.2, 0) is 5.41 Å². The van der Waals surface area contributed by atoms with Crippen LogP contribution in [0.4, 0.5) is 0 Å². The number of para-hydroxylation sites is 1. The predicted molar refractivity (Wildman–Crippen MR) is 53.1 cm³/mol. The zero-order valence-corrected chi connectivity index (χ0v) is 8.59. The van der Waals surface area contributed by atoms with Gasteiger partial charge in [-0.25, -0.2) is 5.26 Å². The quantitative estimate of drug-likeness (QED) is 0.531. The Morgan fingerprint density at radius 3 is 2.23 bits per heavy atom. The van der Waals surface area contributed by atoms with Crippen molar-refractivity contribution in [2.75, 3.05) is 0 Å². The van der Waals surface area contributed by atoms with E-state index in [-0.39, 0.29) is 5.41 Å². The van der Waals surface area contributed by atoms with Crippen molar-refractivity contribution in [1.82, 2.24) is 0 Å². The summed E-state index contributed by atoms with van der Waals surface area (Å²) in [5.74, 6) is 0.579. The minimum absolute atomic E-state index is 0.00984. The van der Waals surface area contributed by atoms with Gasteiger partial charge in [0.05, 0.1) is 0 Å². The van der Waals surface area contributed by atoms with Crippen LogP contribution in [0.25, 0.3) is 0 Å². The average molecular weight is 180 g/mol. The number of hydrogen-bond donors (Lipinski definition) is 1. The molecular weight excluding hydrogens is 164 g/mol. The molecule has 0 bridgehead atoms. The standard InChI is InChI=1S/C11H16O2/c1-8-6-5-7-9(10(8)13-12)11(2,3)4/h5-7,12H,1-4H3. The van der Waals surface area contributed by atoms with Gasteiger partial charge in [-0.1, -0.05) is 39.0 Å². The van der Waals surface area contributed by atoms with Crippen LogP contribution in [0, 0.1) is 6.92 Å². The van der Waals surface area contributed by atoms with E-state index in [0.717, 1.165) is 11.1 Å². The summed E-state index contributed by atoms with van der Waals surface area (Å²) in [4.78, 5) is 4.40. The molecule has 0 amide bonds. The first-order valence-corrected chi connectivity index (χ1v) is 4.38. The number of rotatable bonds is 1. The maximum Gasteiger partial charge on any atom is 0.171 e. The van der Waals surface area contributed by atoms with Crippen molar-refractivity contribution in [2.24, 2.45) is 0 Å². The molecule has 1 aromatic carbocycles. The van der Waals surface area contributed by atoms with E-state index in [9.17, 15) is 0 Å². The fourth-order valence-corrected chi connectivity index (χ4v) is 1.36. The van der Waals surface area contributed by atoms with Crippen LogP contribution >= 0.6 is 0 Å². The summed E-state index contributed by atoms with van der Waals surface area (Å²) in [5.41, 5.74) is 1.97. The van der Waals surface area contributed by atoms with Crippen molar-refractivity contribution in [1.29, 1.82) is 0 Å². The van der Waals surface area contributed by atoms with Gasteiger partial charge in [-0.05, 0) is 17.9 Å². The first-order chi connectivity index (χ1) is 5.96. The molecule has 0 saturated carbocycles. The maximum absolute atomic E-state index is 8.76. The summed E-state index contributed by atoms with van der Waals surface area (Å²) >= 11 is 0. The van der Waals surface area contributed by atoms with Crippen LogP contribution < -0.4 is 4.89 Å². The molecule has 0 unspecified atom stereocenters. The second-order valence-corrected chi connectivity index (χ2v) is 4.29. The van der Waals surface area contributed by atoms with Gasteiger partial charge in [0.15, 0.2) is 5.75 Å².